The van der Waals surface area contributed by atoms with E-state index >= 15 is 0 Å². The number of carbonyl (C=O) groups is 1. The molecule has 3 rings (SSSR count). The second-order valence-electron chi connectivity index (χ2n) is 4.82. The molecule has 3 N–H and O–H groups in total. The molecule has 5 heteroatoms. The highest BCUT2D eigenvalue weighted by Gasteiger charge is 2.11. The van der Waals surface area contributed by atoms with Crippen molar-refractivity contribution in [2.24, 2.45) is 0 Å². The van der Waals surface area contributed by atoms with Gasteiger partial charge in [0.2, 0.25) is 0 Å². The molecular formula is C16H13FN2OS. The lowest BCUT2D eigenvalue weighted by Gasteiger charge is -2.06. The largest absolute Gasteiger partial charge is 0.398 e. The summed E-state index contributed by atoms with van der Waals surface area (Å²) in [7, 11) is 0. The van der Waals surface area contributed by atoms with Gasteiger partial charge in [0.25, 0.3) is 5.91 Å². The molecule has 1 heterocycles. The Labute approximate surface area is 125 Å². The van der Waals surface area contributed by atoms with Crippen LogP contribution in [0.3, 0.4) is 0 Å². The zero-order valence-electron chi connectivity index (χ0n) is 11.3. The molecule has 106 valence electrons. The van der Waals surface area contributed by atoms with Crippen molar-refractivity contribution in [2.45, 2.75) is 6.92 Å². The van der Waals surface area contributed by atoms with Crippen LogP contribution in [0.4, 0.5) is 15.8 Å². The van der Waals surface area contributed by atoms with E-state index in [1.165, 1.54) is 23.5 Å². The average Bonchev–Trinajstić information content (AvgIpc) is 2.86. The zero-order valence-corrected chi connectivity index (χ0v) is 12.1. The van der Waals surface area contributed by atoms with Crippen molar-refractivity contribution in [3.8, 4) is 0 Å². The van der Waals surface area contributed by atoms with Crippen molar-refractivity contribution >= 4 is 38.7 Å². The van der Waals surface area contributed by atoms with E-state index in [4.69, 9.17) is 5.73 Å². The molecule has 0 saturated heterocycles. The fraction of sp³-hybridized carbons (Fsp3) is 0.0625. The predicted octanol–water partition coefficient (Wildman–Crippen LogP) is 4.18. The molecule has 0 saturated carbocycles. The smallest absolute Gasteiger partial charge is 0.265 e. The van der Waals surface area contributed by atoms with Gasteiger partial charge >= 0.3 is 0 Å². The fourth-order valence-electron chi connectivity index (χ4n) is 2.03. The lowest BCUT2D eigenvalue weighted by Crippen LogP contribution is -2.10. The number of amides is 1. The second kappa shape index (κ2) is 5.18. The maximum absolute atomic E-state index is 13.2. The van der Waals surface area contributed by atoms with Crippen LogP contribution >= 0.6 is 11.3 Å². The number of nitrogens with two attached hydrogens (primary N) is 1. The van der Waals surface area contributed by atoms with E-state index in [-0.39, 0.29) is 11.7 Å². The molecule has 2 aromatic carbocycles. The zero-order chi connectivity index (χ0) is 15.0. The van der Waals surface area contributed by atoms with Crippen LogP contribution in [-0.2, 0) is 0 Å². The molecule has 0 unspecified atom stereocenters. The van der Waals surface area contributed by atoms with E-state index in [0.29, 0.717) is 16.3 Å². The Balaban J connectivity index is 1.87. The molecule has 0 aliphatic carbocycles. The molecule has 3 aromatic rings. The molecule has 1 aromatic heterocycles. The van der Waals surface area contributed by atoms with Gasteiger partial charge in [-0.05, 0) is 48.2 Å². The number of carbonyl (C=O) groups excluding carboxylic acids is 1. The van der Waals surface area contributed by atoms with Gasteiger partial charge in [0, 0.05) is 16.1 Å². The summed E-state index contributed by atoms with van der Waals surface area (Å²) in [6.45, 7) is 1.90. The highest BCUT2D eigenvalue weighted by atomic mass is 32.1. The van der Waals surface area contributed by atoms with Crippen molar-refractivity contribution in [3.05, 3.63) is 58.7 Å². The first kappa shape index (κ1) is 13.6. The van der Waals surface area contributed by atoms with Gasteiger partial charge in [0.05, 0.1) is 4.88 Å². The SMILES string of the molecule is Cc1ccc(NC(=O)c2cc3ccc(F)cc3s2)cc1N. The number of rotatable bonds is 2. The third kappa shape index (κ3) is 2.73. The number of thiophene rings is 1. The number of hydrogen-bond acceptors (Lipinski definition) is 3. The van der Waals surface area contributed by atoms with Gasteiger partial charge < -0.3 is 11.1 Å². The van der Waals surface area contributed by atoms with Gasteiger partial charge in [-0.2, -0.15) is 0 Å². The van der Waals surface area contributed by atoms with Crippen molar-refractivity contribution in [1.29, 1.82) is 0 Å². The minimum Gasteiger partial charge on any atom is -0.398 e. The summed E-state index contributed by atoms with van der Waals surface area (Å²) >= 11 is 1.26. The van der Waals surface area contributed by atoms with Crippen LogP contribution in [0.2, 0.25) is 0 Å². The quantitative estimate of drug-likeness (QED) is 0.697. The summed E-state index contributed by atoms with van der Waals surface area (Å²) in [5, 5.41) is 3.66. The fourth-order valence-corrected chi connectivity index (χ4v) is 3.01. The summed E-state index contributed by atoms with van der Waals surface area (Å²) in [5.74, 6) is -0.525. The topological polar surface area (TPSA) is 55.1 Å². The minimum atomic E-state index is -0.303. The van der Waals surface area contributed by atoms with Gasteiger partial charge in [-0.15, -0.1) is 11.3 Å². The Bertz CT molecular complexity index is 841. The molecule has 0 spiro atoms. The highest BCUT2D eigenvalue weighted by Crippen LogP contribution is 2.27. The van der Waals surface area contributed by atoms with E-state index < -0.39 is 0 Å². The summed E-state index contributed by atoms with van der Waals surface area (Å²) in [4.78, 5) is 12.8. The van der Waals surface area contributed by atoms with Gasteiger partial charge in [-0.25, -0.2) is 4.39 Å². The van der Waals surface area contributed by atoms with Gasteiger partial charge in [-0.3, -0.25) is 4.79 Å². The molecule has 0 fully saturated rings. The standard InChI is InChI=1S/C16H13FN2OS/c1-9-2-5-12(8-13(9)18)19-16(20)15-6-10-3-4-11(17)7-14(10)21-15/h2-8H,18H2,1H3,(H,19,20). The van der Waals surface area contributed by atoms with E-state index in [9.17, 15) is 9.18 Å². The van der Waals surface area contributed by atoms with Crippen molar-refractivity contribution in [1.82, 2.24) is 0 Å². The predicted molar refractivity (Wildman–Crippen MR) is 85.3 cm³/mol. The molecule has 0 bridgehead atoms. The Hall–Kier alpha value is -2.40. The summed E-state index contributed by atoms with van der Waals surface area (Å²) in [6.07, 6.45) is 0. The molecule has 0 aliphatic heterocycles. The normalized spacial score (nSPS) is 10.8. The van der Waals surface area contributed by atoms with E-state index in [1.54, 1.807) is 24.3 Å². The van der Waals surface area contributed by atoms with Crippen LogP contribution in [0.5, 0.6) is 0 Å². The first-order valence-corrected chi connectivity index (χ1v) is 7.21. The average molecular weight is 300 g/mol. The van der Waals surface area contributed by atoms with Gasteiger partial charge in [0.1, 0.15) is 5.82 Å². The van der Waals surface area contributed by atoms with Crippen LogP contribution < -0.4 is 11.1 Å². The van der Waals surface area contributed by atoms with Crippen LogP contribution in [-0.4, -0.2) is 5.91 Å². The van der Waals surface area contributed by atoms with Gasteiger partial charge in [-0.1, -0.05) is 12.1 Å². The lowest BCUT2D eigenvalue weighted by atomic mass is 10.2. The maximum Gasteiger partial charge on any atom is 0.265 e. The van der Waals surface area contributed by atoms with E-state index in [2.05, 4.69) is 5.32 Å². The summed E-state index contributed by atoms with van der Waals surface area (Å²) < 4.78 is 13.9. The molecular weight excluding hydrogens is 287 g/mol. The van der Waals surface area contributed by atoms with Crippen molar-refractivity contribution in [3.63, 3.8) is 0 Å². The third-order valence-electron chi connectivity index (χ3n) is 3.24. The molecule has 0 radical (unpaired) electrons. The number of anilines is 2. The van der Waals surface area contributed by atoms with E-state index in [0.717, 1.165) is 15.6 Å². The van der Waals surface area contributed by atoms with Crippen molar-refractivity contribution in [2.75, 3.05) is 11.1 Å². The number of aryl methyl sites for hydroxylation is 1. The number of nitrogen functional groups attached to an aromatic ring is 1. The number of fused-ring (bicyclic) bond motifs is 1. The summed E-state index contributed by atoms with van der Waals surface area (Å²) in [5.41, 5.74) is 8.06. The van der Waals surface area contributed by atoms with Crippen LogP contribution in [0.25, 0.3) is 10.1 Å². The number of hydrogen-bond donors (Lipinski definition) is 2. The monoisotopic (exact) mass is 300 g/mol. The van der Waals surface area contributed by atoms with Gasteiger partial charge in [0.15, 0.2) is 0 Å². The van der Waals surface area contributed by atoms with Crippen LogP contribution in [0.15, 0.2) is 42.5 Å². The van der Waals surface area contributed by atoms with Crippen LogP contribution in [0, 0.1) is 12.7 Å². The first-order valence-electron chi connectivity index (χ1n) is 6.39. The number of benzene rings is 2. The summed E-state index contributed by atoms with van der Waals surface area (Å²) in [6, 6.07) is 11.6. The van der Waals surface area contributed by atoms with Crippen molar-refractivity contribution < 1.29 is 9.18 Å². The molecule has 0 atom stereocenters. The Kier molecular flexibility index (Phi) is 3.35. The maximum atomic E-state index is 13.2. The molecule has 1 amide bonds. The number of halogens is 1. The lowest BCUT2D eigenvalue weighted by molar-refractivity contribution is 0.103. The minimum absolute atomic E-state index is 0.222. The second-order valence-corrected chi connectivity index (χ2v) is 5.90. The first-order chi connectivity index (χ1) is 10.0. The third-order valence-corrected chi connectivity index (χ3v) is 4.34. The van der Waals surface area contributed by atoms with Crippen LogP contribution in [0.1, 0.15) is 15.2 Å². The molecule has 3 nitrogen and oxygen atoms in total. The Morgan fingerprint density at radius 3 is 2.76 bits per heavy atom. The Morgan fingerprint density at radius 2 is 2.00 bits per heavy atom. The molecule has 0 aliphatic rings. The highest BCUT2D eigenvalue weighted by molar-refractivity contribution is 7.20. The molecule has 21 heavy (non-hydrogen) atoms. The number of nitrogens with one attached hydrogen (secondary N) is 1. The van der Waals surface area contributed by atoms with E-state index in [1.807, 2.05) is 13.0 Å². The Morgan fingerprint density at radius 1 is 1.19 bits per heavy atom.